The lowest BCUT2D eigenvalue weighted by Crippen LogP contribution is -2.28. The van der Waals surface area contributed by atoms with Gasteiger partial charge in [0.1, 0.15) is 17.4 Å². The summed E-state index contributed by atoms with van der Waals surface area (Å²) in [6, 6.07) is 18.8. The Morgan fingerprint density at radius 3 is 2.36 bits per heavy atom. The van der Waals surface area contributed by atoms with Crippen molar-refractivity contribution in [3.8, 4) is 0 Å². The maximum Gasteiger partial charge on any atom is 0.138 e. The van der Waals surface area contributed by atoms with E-state index < -0.39 is 6.10 Å². The van der Waals surface area contributed by atoms with Crippen LogP contribution in [0.1, 0.15) is 36.8 Å². The Morgan fingerprint density at radius 1 is 0.960 bits per heavy atom. The molecule has 1 atom stereocenters. The van der Waals surface area contributed by atoms with Crippen molar-refractivity contribution in [2.24, 2.45) is 0 Å². The SMILES string of the molecule is CC(C)NCC(O)c1oc2ccccc2c1CCc1ccccc1.Cl. The van der Waals surface area contributed by atoms with Gasteiger partial charge < -0.3 is 14.8 Å². The lowest BCUT2D eigenvalue weighted by Gasteiger charge is -2.14. The second-order valence-corrected chi connectivity index (χ2v) is 6.51. The molecule has 0 radical (unpaired) electrons. The molecule has 0 aliphatic heterocycles. The molecule has 134 valence electrons. The molecule has 25 heavy (non-hydrogen) atoms. The number of hydrogen-bond acceptors (Lipinski definition) is 3. The summed E-state index contributed by atoms with van der Waals surface area (Å²) in [6.07, 6.45) is 1.15. The Kier molecular flexibility index (Phi) is 7.06. The number of para-hydroxylation sites is 1. The van der Waals surface area contributed by atoms with E-state index in [-0.39, 0.29) is 12.4 Å². The van der Waals surface area contributed by atoms with E-state index in [1.807, 2.05) is 24.3 Å². The summed E-state index contributed by atoms with van der Waals surface area (Å²) in [5.74, 6) is 0.695. The predicted molar refractivity (Wildman–Crippen MR) is 105 cm³/mol. The topological polar surface area (TPSA) is 45.4 Å². The van der Waals surface area contributed by atoms with Crippen LogP contribution in [0.5, 0.6) is 0 Å². The molecule has 0 aliphatic rings. The molecule has 2 N–H and O–H groups in total. The average Bonchev–Trinajstić information content (AvgIpc) is 2.97. The number of furan rings is 1. The van der Waals surface area contributed by atoms with Crippen LogP contribution >= 0.6 is 12.4 Å². The normalized spacial score (nSPS) is 12.3. The maximum atomic E-state index is 10.6. The third-order valence-electron chi connectivity index (χ3n) is 4.26. The first-order chi connectivity index (χ1) is 11.6. The Morgan fingerprint density at radius 2 is 1.64 bits per heavy atom. The van der Waals surface area contributed by atoms with Gasteiger partial charge in [0.15, 0.2) is 0 Å². The molecule has 0 saturated heterocycles. The van der Waals surface area contributed by atoms with Crippen LogP contribution in [-0.2, 0) is 12.8 Å². The third kappa shape index (κ3) is 4.85. The van der Waals surface area contributed by atoms with Crippen LogP contribution in [0.3, 0.4) is 0 Å². The Balaban J connectivity index is 0.00000225. The smallest absolute Gasteiger partial charge is 0.138 e. The fourth-order valence-corrected chi connectivity index (χ4v) is 3.00. The van der Waals surface area contributed by atoms with Crippen molar-refractivity contribution in [1.29, 1.82) is 0 Å². The highest BCUT2D eigenvalue weighted by molar-refractivity contribution is 5.85. The van der Waals surface area contributed by atoms with Crippen LogP contribution in [0, 0.1) is 0 Å². The van der Waals surface area contributed by atoms with Crippen molar-refractivity contribution < 1.29 is 9.52 Å². The lowest BCUT2D eigenvalue weighted by atomic mass is 10.00. The highest BCUT2D eigenvalue weighted by atomic mass is 35.5. The van der Waals surface area contributed by atoms with Crippen molar-refractivity contribution in [3.05, 3.63) is 71.5 Å². The minimum atomic E-state index is -0.634. The first kappa shape index (κ1) is 19.5. The van der Waals surface area contributed by atoms with E-state index in [1.165, 1.54) is 5.56 Å². The van der Waals surface area contributed by atoms with Gasteiger partial charge >= 0.3 is 0 Å². The summed E-state index contributed by atoms with van der Waals surface area (Å²) < 4.78 is 5.99. The van der Waals surface area contributed by atoms with Gasteiger partial charge in [-0.25, -0.2) is 0 Å². The van der Waals surface area contributed by atoms with Crippen molar-refractivity contribution >= 4 is 23.4 Å². The molecular formula is C21H26ClNO2. The monoisotopic (exact) mass is 359 g/mol. The molecule has 0 spiro atoms. The molecule has 0 saturated carbocycles. The quantitative estimate of drug-likeness (QED) is 0.644. The van der Waals surface area contributed by atoms with Crippen molar-refractivity contribution in [3.63, 3.8) is 0 Å². The summed E-state index contributed by atoms with van der Waals surface area (Å²) in [7, 11) is 0. The standard InChI is InChI=1S/C21H25NO2.ClH/c1-15(2)22-14-19(23)21-18(13-12-16-8-4-3-5-9-16)17-10-6-7-11-20(17)24-21;/h3-11,15,19,22-23H,12-14H2,1-2H3;1H. The molecule has 0 aliphatic carbocycles. The average molecular weight is 360 g/mol. The summed E-state index contributed by atoms with van der Waals surface area (Å²) in [4.78, 5) is 0. The van der Waals surface area contributed by atoms with E-state index >= 15 is 0 Å². The van der Waals surface area contributed by atoms with E-state index in [0.29, 0.717) is 18.3 Å². The fraction of sp³-hybridized carbons (Fsp3) is 0.333. The molecule has 1 aromatic heterocycles. The van der Waals surface area contributed by atoms with Gasteiger partial charge in [0.05, 0.1) is 0 Å². The van der Waals surface area contributed by atoms with Crippen LogP contribution in [0.15, 0.2) is 59.0 Å². The molecular weight excluding hydrogens is 334 g/mol. The van der Waals surface area contributed by atoms with Gasteiger partial charge in [-0.3, -0.25) is 0 Å². The van der Waals surface area contributed by atoms with E-state index in [2.05, 4.69) is 49.5 Å². The van der Waals surface area contributed by atoms with Gasteiger partial charge in [0.25, 0.3) is 0 Å². The van der Waals surface area contributed by atoms with Crippen LogP contribution in [0.2, 0.25) is 0 Å². The van der Waals surface area contributed by atoms with E-state index in [1.54, 1.807) is 0 Å². The van der Waals surface area contributed by atoms with Crippen molar-refractivity contribution in [2.75, 3.05) is 6.54 Å². The Bertz CT molecular complexity index is 783. The first-order valence-electron chi connectivity index (χ1n) is 8.61. The molecule has 2 aromatic carbocycles. The van der Waals surface area contributed by atoms with Gasteiger partial charge in [-0.15, -0.1) is 12.4 Å². The zero-order valence-electron chi connectivity index (χ0n) is 14.7. The number of hydrogen-bond donors (Lipinski definition) is 2. The van der Waals surface area contributed by atoms with Gasteiger partial charge in [-0.2, -0.15) is 0 Å². The number of rotatable bonds is 7. The number of benzene rings is 2. The minimum Gasteiger partial charge on any atom is -0.458 e. The summed E-state index contributed by atoms with van der Waals surface area (Å²) in [5, 5.41) is 15.0. The van der Waals surface area contributed by atoms with E-state index in [0.717, 1.165) is 29.4 Å². The molecule has 1 unspecified atom stereocenters. The van der Waals surface area contributed by atoms with Crippen LogP contribution in [0.4, 0.5) is 0 Å². The zero-order chi connectivity index (χ0) is 16.9. The number of aryl methyl sites for hydroxylation is 2. The first-order valence-corrected chi connectivity index (χ1v) is 8.61. The third-order valence-corrected chi connectivity index (χ3v) is 4.26. The van der Waals surface area contributed by atoms with E-state index in [9.17, 15) is 5.11 Å². The number of aliphatic hydroxyl groups excluding tert-OH is 1. The number of aliphatic hydroxyl groups is 1. The molecule has 3 rings (SSSR count). The second-order valence-electron chi connectivity index (χ2n) is 6.51. The van der Waals surface area contributed by atoms with Gasteiger partial charge in [-0.05, 0) is 24.5 Å². The minimum absolute atomic E-state index is 0. The number of fused-ring (bicyclic) bond motifs is 1. The number of nitrogens with one attached hydrogen (secondary N) is 1. The molecule has 3 nitrogen and oxygen atoms in total. The van der Waals surface area contributed by atoms with Crippen LogP contribution in [0.25, 0.3) is 11.0 Å². The highest BCUT2D eigenvalue weighted by Gasteiger charge is 2.20. The predicted octanol–water partition coefficient (Wildman–Crippen LogP) is 4.67. The number of halogens is 1. The summed E-state index contributed by atoms with van der Waals surface area (Å²) in [6.45, 7) is 4.64. The molecule has 0 bridgehead atoms. The van der Waals surface area contributed by atoms with Crippen LogP contribution < -0.4 is 5.32 Å². The zero-order valence-corrected chi connectivity index (χ0v) is 15.6. The maximum absolute atomic E-state index is 10.6. The highest BCUT2D eigenvalue weighted by Crippen LogP contribution is 2.31. The largest absolute Gasteiger partial charge is 0.458 e. The van der Waals surface area contributed by atoms with Gasteiger partial charge in [0, 0.05) is 23.5 Å². The Labute approximate surface area is 155 Å². The summed E-state index contributed by atoms with van der Waals surface area (Å²) >= 11 is 0. The molecule has 4 heteroatoms. The van der Waals surface area contributed by atoms with Crippen molar-refractivity contribution in [2.45, 2.75) is 38.8 Å². The Hall–Kier alpha value is -1.81. The van der Waals surface area contributed by atoms with Crippen molar-refractivity contribution in [1.82, 2.24) is 5.32 Å². The molecule has 3 aromatic rings. The van der Waals surface area contributed by atoms with Crippen LogP contribution in [-0.4, -0.2) is 17.7 Å². The van der Waals surface area contributed by atoms with Gasteiger partial charge in [-0.1, -0.05) is 62.4 Å². The fourth-order valence-electron chi connectivity index (χ4n) is 3.00. The molecule has 0 amide bonds. The van der Waals surface area contributed by atoms with Gasteiger partial charge in [0.2, 0.25) is 0 Å². The second kappa shape index (κ2) is 9.04. The molecule has 1 heterocycles. The summed E-state index contributed by atoms with van der Waals surface area (Å²) in [5.41, 5.74) is 3.26. The lowest BCUT2D eigenvalue weighted by molar-refractivity contribution is 0.146. The van der Waals surface area contributed by atoms with E-state index in [4.69, 9.17) is 4.42 Å². The molecule has 0 fully saturated rings.